The van der Waals surface area contributed by atoms with E-state index in [9.17, 15) is 4.79 Å². The van der Waals surface area contributed by atoms with Gasteiger partial charge in [0.05, 0.1) is 5.75 Å². The smallest absolute Gasteiger partial charge is 0.277 e. The highest BCUT2D eigenvalue weighted by Crippen LogP contribution is 2.53. The van der Waals surface area contributed by atoms with E-state index in [0.717, 1.165) is 30.1 Å². The molecule has 0 saturated heterocycles. The minimum absolute atomic E-state index is 0.110. The molecule has 0 radical (unpaired) electrons. The van der Waals surface area contributed by atoms with E-state index in [1.165, 1.54) is 43.9 Å². The average molecular weight is 321 g/mol. The summed E-state index contributed by atoms with van der Waals surface area (Å²) in [7, 11) is 0. The molecule has 0 spiro atoms. The molecule has 0 aliphatic heterocycles. The van der Waals surface area contributed by atoms with Crippen LogP contribution in [0.3, 0.4) is 0 Å². The molecule has 4 bridgehead atoms. The maximum absolute atomic E-state index is 12.3. The van der Waals surface area contributed by atoms with Crippen molar-refractivity contribution < 1.29 is 9.21 Å². The van der Waals surface area contributed by atoms with Crippen LogP contribution in [0.4, 0.5) is 0 Å². The van der Waals surface area contributed by atoms with Crippen LogP contribution in [0.2, 0.25) is 0 Å². The third-order valence-corrected chi connectivity index (χ3v) is 6.45. The number of hydrogen-bond donors (Lipinski definition) is 1. The summed E-state index contributed by atoms with van der Waals surface area (Å²) in [6.45, 7) is 1.97. The van der Waals surface area contributed by atoms with Crippen LogP contribution in [0.25, 0.3) is 0 Å². The second kappa shape index (κ2) is 5.87. The number of rotatable bonds is 5. The topological polar surface area (TPSA) is 68.0 Å². The SMILES string of the molecule is CCc1nnc(SCC(=O)NC2C3CC4CC(C3)CC2C4)o1. The van der Waals surface area contributed by atoms with Gasteiger partial charge in [0.2, 0.25) is 11.8 Å². The molecule has 0 aromatic carbocycles. The van der Waals surface area contributed by atoms with Gasteiger partial charge in [0.25, 0.3) is 5.22 Å². The highest BCUT2D eigenvalue weighted by atomic mass is 32.2. The van der Waals surface area contributed by atoms with Crippen LogP contribution in [0.5, 0.6) is 0 Å². The predicted molar refractivity (Wildman–Crippen MR) is 83.4 cm³/mol. The summed E-state index contributed by atoms with van der Waals surface area (Å²) in [6.07, 6.45) is 7.49. The molecule has 0 atom stereocenters. The van der Waals surface area contributed by atoms with E-state index in [1.807, 2.05) is 6.92 Å². The predicted octanol–water partition coefficient (Wildman–Crippen LogP) is 2.67. The van der Waals surface area contributed by atoms with Gasteiger partial charge in [-0.15, -0.1) is 10.2 Å². The lowest BCUT2D eigenvalue weighted by Crippen LogP contribution is -2.56. The zero-order valence-corrected chi connectivity index (χ0v) is 13.8. The first-order valence-electron chi connectivity index (χ1n) is 8.45. The van der Waals surface area contributed by atoms with E-state index in [4.69, 9.17) is 4.42 Å². The van der Waals surface area contributed by atoms with Gasteiger partial charge >= 0.3 is 0 Å². The first-order chi connectivity index (χ1) is 10.7. The molecule has 5 nitrogen and oxygen atoms in total. The zero-order chi connectivity index (χ0) is 15.1. The Kier molecular flexibility index (Phi) is 3.88. The number of aromatic nitrogens is 2. The summed E-state index contributed by atoms with van der Waals surface area (Å²) < 4.78 is 5.43. The molecule has 1 heterocycles. The molecule has 22 heavy (non-hydrogen) atoms. The van der Waals surface area contributed by atoms with E-state index in [-0.39, 0.29) is 5.91 Å². The van der Waals surface area contributed by atoms with Crippen LogP contribution in [-0.4, -0.2) is 27.9 Å². The molecule has 5 rings (SSSR count). The van der Waals surface area contributed by atoms with Gasteiger partial charge in [-0.3, -0.25) is 4.79 Å². The van der Waals surface area contributed by atoms with Crippen molar-refractivity contribution in [2.75, 3.05) is 5.75 Å². The van der Waals surface area contributed by atoms with Crippen LogP contribution in [0.1, 0.15) is 44.9 Å². The van der Waals surface area contributed by atoms with Crippen molar-refractivity contribution in [3.8, 4) is 0 Å². The van der Waals surface area contributed by atoms with Gasteiger partial charge in [-0.1, -0.05) is 18.7 Å². The summed E-state index contributed by atoms with van der Waals surface area (Å²) in [5, 5.41) is 11.7. The Morgan fingerprint density at radius 2 is 1.86 bits per heavy atom. The van der Waals surface area contributed by atoms with Crippen LogP contribution in [-0.2, 0) is 11.2 Å². The number of amides is 1. The number of nitrogens with one attached hydrogen (secondary N) is 1. The molecule has 6 heteroatoms. The van der Waals surface area contributed by atoms with E-state index < -0.39 is 0 Å². The van der Waals surface area contributed by atoms with Gasteiger partial charge < -0.3 is 9.73 Å². The summed E-state index contributed by atoms with van der Waals surface area (Å²) in [5.41, 5.74) is 0. The van der Waals surface area contributed by atoms with Crippen LogP contribution in [0, 0.1) is 23.7 Å². The Morgan fingerprint density at radius 3 is 2.45 bits per heavy atom. The Hall–Kier alpha value is -1.04. The van der Waals surface area contributed by atoms with Gasteiger partial charge in [-0.25, -0.2) is 0 Å². The second-order valence-corrected chi connectivity index (χ2v) is 8.05. The van der Waals surface area contributed by atoms with Gasteiger partial charge in [0.1, 0.15) is 0 Å². The molecule has 1 N–H and O–H groups in total. The van der Waals surface area contributed by atoms with E-state index >= 15 is 0 Å². The van der Waals surface area contributed by atoms with Gasteiger partial charge in [0.15, 0.2) is 0 Å². The quantitative estimate of drug-likeness (QED) is 0.845. The highest BCUT2D eigenvalue weighted by Gasteiger charge is 2.48. The van der Waals surface area contributed by atoms with Crippen molar-refractivity contribution in [2.24, 2.45) is 23.7 Å². The lowest BCUT2D eigenvalue weighted by Gasteiger charge is -2.54. The van der Waals surface area contributed by atoms with Crippen molar-refractivity contribution in [1.82, 2.24) is 15.5 Å². The van der Waals surface area contributed by atoms with E-state index in [2.05, 4.69) is 15.5 Å². The zero-order valence-electron chi connectivity index (χ0n) is 13.0. The fourth-order valence-corrected chi connectivity index (χ4v) is 5.55. The van der Waals surface area contributed by atoms with Crippen molar-refractivity contribution in [3.05, 3.63) is 5.89 Å². The molecule has 4 fully saturated rings. The fraction of sp³-hybridized carbons (Fsp3) is 0.812. The maximum Gasteiger partial charge on any atom is 0.277 e. The fourth-order valence-electron chi connectivity index (χ4n) is 4.96. The van der Waals surface area contributed by atoms with Crippen molar-refractivity contribution in [2.45, 2.75) is 56.7 Å². The third kappa shape index (κ3) is 2.77. The molecule has 4 aliphatic carbocycles. The number of aryl methyl sites for hydroxylation is 1. The minimum atomic E-state index is 0.110. The Bertz CT molecular complexity index is 531. The summed E-state index contributed by atoms with van der Waals surface area (Å²) in [4.78, 5) is 12.3. The number of carbonyl (C=O) groups is 1. The number of thioether (sulfide) groups is 1. The first kappa shape index (κ1) is 14.5. The summed E-state index contributed by atoms with van der Waals surface area (Å²) >= 11 is 1.34. The number of hydrogen-bond acceptors (Lipinski definition) is 5. The minimum Gasteiger partial charge on any atom is -0.416 e. The summed E-state index contributed by atoms with van der Waals surface area (Å²) in [5.74, 6) is 4.43. The second-order valence-electron chi connectivity index (χ2n) is 7.13. The van der Waals surface area contributed by atoms with Gasteiger partial charge in [0, 0.05) is 12.5 Å². The Balaban J connectivity index is 1.30. The average Bonchev–Trinajstić information content (AvgIpc) is 2.96. The molecular formula is C16H23N3O2S. The molecule has 4 saturated carbocycles. The monoisotopic (exact) mass is 321 g/mol. The normalized spacial score (nSPS) is 35.8. The highest BCUT2D eigenvalue weighted by molar-refractivity contribution is 7.99. The molecule has 120 valence electrons. The van der Waals surface area contributed by atoms with Crippen molar-refractivity contribution in [1.29, 1.82) is 0 Å². The third-order valence-electron chi connectivity index (χ3n) is 5.63. The molecule has 1 amide bonds. The molecular weight excluding hydrogens is 298 g/mol. The van der Waals surface area contributed by atoms with Crippen molar-refractivity contribution >= 4 is 17.7 Å². The summed E-state index contributed by atoms with van der Waals surface area (Å²) in [6, 6.07) is 0.412. The first-order valence-corrected chi connectivity index (χ1v) is 9.44. The van der Waals surface area contributed by atoms with Crippen LogP contribution in [0.15, 0.2) is 9.64 Å². The van der Waals surface area contributed by atoms with Crippen LogP contribution < -0.4 is 5.32 Å². The molecule has 1 aromatic rings. The standard InChI is InChI=1S/C16H23N3O2S/c1-2-14-18-19-16(21-14)22-8-13(20)17-15-11-4-9-3-10(6-11)7-12(15)5-9/h9-12,15H,2-8H2,1H3,(H,17,20). The molecule has 1 aromatic heterocycles. The molecule has 4 aliphatic rings. The van der Waals surface area contributed by atoms with Crippen LogP contribution >= 0.6 is 11.8 Å². The van der Waals surface area contributed by atoms with E-state index in [1.54, 1.807) is 0 Å². The lowest BCUT2D eigenvalue weighted by molar-refractivity contribution is -0.122. The Labute approximate surface area is 135 Å². The Morgan fingerprint density at radius 1 is 1.18 bits per heavy atom. The van der Waals surface area contributed by atoms with Gasteiger partial charge in [-0.05, 0) is 55.8 Å². The molecule has 0 unspecified atom stereocenters. The number of nitrogens with zero attached hydrogens (tertiary/aromatic N) is 2. The van der Waals surface area contributed by atoms with Crippen molar-refractivity contribution in [3.63, 3.8) is 0 Å². The maximum atomic E-state index is 12.3. The van der Waals surface area contributed by atoms with Gasteiger partial charge in [-0.2, -0.15) is 0 Å². The van der Waals surface area contributed by atoms with E-state index in [0.29, 0.717) is 22.9 Å². The lowest BCUT2D eigenvalue weighted by atomic mass is 9.54. The number of carbonyl (C=O) groups excluding carboxylic acids is 1. The largest absolute Gasteiger partial charge is 0.416 e.